The molecule has 0 bridgehead atoms. The van der Waals surface area contributed by atoms with Crippen LogP contribution < -0.4 is 16.0 Å². The zero-order valence-corrected chi connectivity index (χ0v) is 12.3. The molecular weight excluding hydrogens is 280 g/mol. The first kappa shape index (κ1) is 14.6. The number of hydrogen-bond acceptors (Lipinski definition) is 7. The van der Waals surface area contributed by atoms with E-state index in [1.807, 2.05) is 0 Å². The highest BCUT2D eigenvalue weighted by atomic mass is 32.1. The second-order valence-electron chi connectivity index (χ2n) is 4.70. The number of nitrogens with zero attached hydrogens (tertiary/aromatic N) is 2. The summed E-state index contributed by atoms with van der Waals surface area (Å²) >= 11 is 1.20. The molecule has 1 aliphatic heterocycles. The highest BCUT2D eigenvalue weighted by molar-refractivity contribution is 7.11. The molecule has 110 valence electrons. The second-order valence-corrected chi connectivity index (χ2v) is 5.45. The van der Waals surface area contributed by atoms with Gasteiger partial charge in [0.2, 0.25) is 5.91 Å². The Bertz CT molecular complexity index is 509. The molecule has 0 radical (unpaired) electrons. The van der Waals surface area contributed by atoms with Gasteiger partial charge in [0, 0.05) is 26.1 Å². The molecule has 0 aromatic carbocycles. The first-order valence-electron chi connectivity index (χ1n) is 6.38. The van der Waals surface area contributed by atoms with E-state index in [9.17, 15) is 9.59 Å². The van der Waals surface area contributed by atoms with Gasteiger partial charge in [0.05, 0.1) is 7.11 Å². The van der Waals surface area contributed by atoms with Gasteiger partial charge in [-0.15, -0.1) is 0 Å². The lowest BCUT2D eigenvalue weighted by Crippen LogP contribution is -2.44. The van der Waals surface area contributed by atoms with Crippen LogP contribution in [0.1, 0.15) is 30.1 Å². The molecule has 2 rings (SSSR count). The fraction of sp³-hybridized carbons (Fsp3) is 0.583. The summed E-state index contributed by atoms with van der Waals surface area (Å²) in [5.41, 5.74) is 6.08. The molecule has 1 aliphatic rings. The van der Waals surface area contributed by atoms with Crippen LogP contribution in [-0.4, -0.2) is 42.5 Å². The number of anilines is 2. The molecule has 1 saturated heterocycles. The summed E-state index contributed by atoms with van der Waals surface area (Å²) in [6, 6.07) is 0.190. The minimum Gasteiger partial charge on any atom is -0.465 e. The van der Waals surface area contributed by atoms with E-state index in [1.54, 1.807) is 0 Å². The Labute approximate surface area is 121 Å². The van der Waals surface area contributed by atoms with Gasteiger partial charge in [-0.1, -0.05) is 0 Å². The average Bonchev–Trinajstić information content (AvgIpc) is 2.80. The van der Waals surface area contributed by atoms with Gasteiger partial charge in [-0.25, -0.2) is 4.79 Å². The Morgan fingerprint density at radius 3 is 2.65 bits per heavy atom. The van der Waals surface area contributed by atoms with E-state index in [2.05, 4.69) is 14.6 Å². The minimum atomic E-state index is -0.463. The van der Waals surface area contributed by atoms with E-state index >= 15 is 0 Å². The average molecular weight is 298 g/mol. The van der Waals surface area contributed by atoms with Crippen molar-refractivity contribution in [2.24, 2.45) is 0 Å². The fourth-order valence-corrected chi connectivity index (χ4v) is 3.17. The van der Waals surface area contributed by atoms with Gasteiger partial charge >= 0.3 is 5.97 Å². The van der Waals surface area contributed by atoms with Crippen LogP contribution >= 0.6 is 11.5 Å². The summed E-state index contributed by atoms with van der Waals surface area (Å²) in [6.07, 6.45) is 1.66. The number of nitrogens with one attached hydrogen (secondary N) is 1. The van der Waals surface area contributed by atoms with Gasteiger partial charge in [-0.05, 0) is 24.4 Å². The van der Waals surface area contributed by atoms with Gasteiger partial charge in [0.1, 0.15) is 10.6 Å². The number of hydrogen-bond donors (Lipinski definition) is 2. The standard InChI is InChI=1S/C12H18N4O3S/c1-7(17)14-8-3-5-16(6-4-8)11-9(12(18)19-2)10(13)15-20-11/h8H,3-6H2,1-2H3,(H2,13,15)(H,14,17). The molecule has 20 heavy (non-hydrogen) atoms. The number of amides is 1. The van der Waals surface area contributed by atoms with Crippen LogP contribution in [0.3, 0.4) is 0 Å². The molecule has 0 saturated carbocycles. The van der Waals surface area contributed by atoms with Crippen LogP contribution in [0.25, 0.3) is 0 Å². The largest absolute Gasteiger partial charge is 0.465 e. The number of rotatable bonds is 3. The van der Waals surface area contributed by atoms with Gasteiger partial charge in [0.15, 0.2) is 5.82 Å². The third-order valence-corrected chi connectivity index (χ3v) is 4.20. The van der Waals surface area contributed by atoms with Crippen molar-refractivity contribution in [2.75, 3.05) is 30.8 Å². The van der Waals surface area contributed by atoms with Crippen molar-refractivity contribution < 1.29 is 14.3 Å². The van der Waals surface area contributed by atoms with E-state index in [4.69, 9.17) is 10.5 Å². The van der Waals surface area contributed by atoms with Crippen molar-refractivity contribution in [3.05, 3.63) is 5.56 Å². The van der Waals surface area contributed by atoms with Gasteiger partial charge in [0.25, 0.3) is 0 Å². The first-order chi connectivity index (χ1) is 9.52. The van der Waals surface area contributed by atoms with Crippen LogP contribution in [0.15, 0.2) is 0 Å². The molecule has 2 heterocycles. The third-order valence-electron chi connectivity index (χ3n) is 3.28. The zero-order chi connectivity index (χ0) is 14.7. The number of nitrogen functional groups attached to an aromatic ring is 1. The molecule has 8 heteroatoms. The Kier molecular flexibility index (Phi) is 4.43. The number of piperidine rings is 1. The summed E-state index contributed by atoms with van der Waals surface area (Å²) in [5.74, 6) is -0.267. The summed E-state index contributed by atoms with van der Waals surface area (Å²) in [4.78, 5) is 24.9. The van der Waals surface area contributed by atoms with Crippen LogP contribution in [0.5, 0.6) is 0 Å². The number of nitrogens with two attached hydrogens (primary N) is 1. The van der Waals surface area contributed by atoms with Crippen LogP contribution in [0.4, 0.5) is 10.8 Å². The number of ether oxygens (including phenoxy) is 1. The van der Waals surface area contributed by atoms with E-state index < -0.39 is 5.97 Å². The molecule has 0 unspecified atom stereocenters. The minimum absolute atomic E-state index is 0.0132. The maximum absolute atomic E-state index is 11.7. The van der Waals surface area contributed by atoms with Crippen LogP contribution in [0, 0.1) is 0 Å². The second kappa shape index (κ2) is 6.08. The monoisotopic (exact) mass is 298 g/mol. The van der Waals surface area contributed by atoms with Crippen molar-refractivity contribution in [3.63, 3.8) is 0 Å². The molecule has 3 N–H and O–H groups in total. The topological polar surface area (TPSA) is 97.6 Å². The lowest BCUT2D eigenvalue weighted by molar-refractivity contribution is -0.119. The van der Waals surface area contributed by atoms with Gasteiger partial charge in [-0.2, -0.15) is 4.37 Å². The third kappa shape index (κ3) is 3.01. The summed E-state index contributed by atoms with van der Waals surface area (Å²) in [7, 11) is 1.33. The van der Waals surface area contributed by atoms with E-state index in [-0.39, 0.29) is 17.8 Å². The molecule has 1 amide bonds. The summed E-state index contributed by atoms with van der Waals surface area (Å²) in [5, 5.41) is 3.66. The zero-order valence-electron chi connectivity index (χ0n) is 11.5. The van der Waals surface area contributed by atoms with Gasteiger partial charge < -0.3 is 20.7 Å². The summed E-state index contributed by atoms with van der Waals surface area (Å²) in [6.45, 7) is 3.01. The fourth-order valence-electron chi connectivity index (χ4n) is 2.32. The maximum Gasteiger partial charge on any atom is 0.344 e. The first-order valence-corrected chi connectivity index (χ1v) is 7.15. The predicted molar refractivity (Wildman–Crippen MR) is 76.9 cm³/mol. The highest BCUT2D eigenvalue weighted by Gasteiger charge is 2.27. The van der Waals surface area contributed by atoms with E-state index in [0.717, 1.165) is 30.9 Å². The molecule has 1 aromatic rings. The lowest BCUT2D eigenvalue weighted by Gasteiger charge is -2.32. The van der Waals surface area contributed by atoms with Crippen LogP contribution in [-0.2, 0) is 9.53 Å². The molecular formula is C12H18N4O3S. The number of carbonyl (C=O) groups excluding carboxylic acids is 2. The Morgan fingerprint density at radius 1 is 1.45 bits per heavy atom. The van der Waals surface area contributed by atoms with Crippen molar-refractivity contribution in [1.82, 2.24) is 9.69 Å². The molecule has 0 aliphatic carbocycles. The molecule has 7 nitrogen and oxygen atoms in total. The number of carbonyl (C=O) groups is 2. The maximum atomic E-state index is 11.7. The number of methoxy groups -OCH3 is 1. The number of esters is 1. The Balaban J connectivity index is 2.07. The van der Waals surface area contributed by atoms with Crippen molar-refractivity contribution in [2.45, 2.75) is 25.8 Å². The predicted octanol–water partition coefficient (Wildman–Crippen LogP) is 0.617. The molecule has 0 atom stereocenters. The van der Waals surface area contributed by atoms with Crippen molar-refractivity contribution in [1.29, 1.82) is 0 Å². The van der Waals surface area contributed by atoms with Crippen LogP contribution in [0.2, 0.25) is 0 Å². The van der Waals surface area contributed by atoms with Gasteiger partial charge in [-0.3, -0.25) is 4.79 Å². The number of aromatic nitrogens is 1. The highest BCUT2D eigenvalue weighted by Crippen LogP contribution is 2.32. The van der Waals surface area contributed by atoms with E-state index in [1.165, 1.54) is 25.6 Å². The normalized spacial score (nSPS) is 16.0. The lowest BCUT2D eigenvalue weighted by atomic mass is 10.0. The smallest absolute Gasteiger partial charge is 0.344 e. The van der Waals surface area contributed by atoms with E-state index in [0.29, 0.717) is 5.56 Å². The molecule has 1 fully saturated rings. The quantitative estimate of drug-likeness (QED) is 0.794. The Morgan fingerprint density at radius 2 is 2.10 bits per heavy atom. The Hall–Kier alpha value is -1.83. The van der Waals surface area contributed by atoms with Crippen molar-refractivity contribution >= 4 is 34.2 Å². The SMILES string of the molecule is COC(=O)c1c(N)nsc1N1CCC(NC(C)=O)CC1. The summed E-state index contributed by atoms with van der Waals surface area (Å²) < 4.78 is 8.78. The molecule has 1 aromatic heterocycles. The van der Waals surface area contributed by atoms with Crippen molar-refractivity contribution in [3.8, 4) is 0 Å². The molecule has 0 spiro atoms.